The molecule has 0 N–H and O–H groups in total. The van der Waals surface area contributed by atoms with Crippen molar-refractivity contribution in [3.05, 3.63) is 11.5 Å². The third-order valence-corrected chi connectivity index (χ3v) is 3.23. The fourth-order valence-electron chi connectivity index (χ4n) is 2.16. The number of rotatable bonds is 6. The number of imidazole rings is 1. The zero-order valence-electron chi connectivity index (χ0n) is 11.1. The Hall–Kier alpha value is -1.07. The van der Waals surface area contributed by atoms with Gasteiger partial charge in [0.25, 0.3) is 0 Å². The maximum Gasteiger partial charge on any atom is 0.158 e. The molecule has 0 aliphatic carbocycles. The van der Waals surface area contributed by atoms with Crippen LogP contribution in [0, 0.1) is 0 Å². The summed E-state index contributed by atoms with van der Waals surface area (Å²) in [4.78, 5) is 4.59. The molecular formula is C12H19ClN4O. The number of halogens is 1. The molecular weight excluding hydrogens is 252 g/mol. The third-order valence-electron chi connectivity index (χ3n) is 2.99. The molecule has 6 heteroatoms. The van der Waals surface area contributed by atoms with E-state index in [1.807, 2.05) is 18.7 Å². The highest BCUT2D eigenvalue weighted by atomic mass is 35.5. The first-order valence-electron chi connectivity index (χ1n) is 6.27. The van der Waals surface area contributed by atoms with Crippen LogP contribution in [0.1, 0.15) is 25.4 Å². The Morgan fingerprint density at radius 3 is 2.72 bits per heavy atom. The van der Waals surface area contributed by atoms with Gasteiger partial charge in [-0.2, -0.15) is 5.10 Å². The maximum atomic E-state index is 5.97. The highest BCUT2D eigenvalue weighted by Gasteiger charge is 2.17. The van der Waals surface area contributed by atoms with Crippen LogP contribution in [0.2, 0.25) is 0 Å². The van der Waals surface area contributed by atoms with Crippen molar-refractivity contribution in [2.24, 2.45) is 7.05 Å². The highest BCUT2D eigenvalue weighted by Crippen LogP contribution is 2.20. The van der Waals surface area contributed by atoms with E-state index in [4.69, 9.17) is 16.3 Å². The van der Waals surface area contributed by atoms with E-state index in [1.165, 1.54) is 0 Å². The normalized spacial score (nSPS) is 11.6. The Labute approximate surface area is 112 Å². The number of fused-ring (bicyclic) bond motifs is 1. The summed E-state index contributed by atoms with van der Waals surface area (Å²) in [5.74, 6) is 1.29. The minimum Gasteiger partial charge on any atom is -0.380 e. The van der Waals surface area contributed by atoms with Crippen molar-refractivity contribution in [1.82, 2.24) is 19.3 Å². The molecule has 2 rings (SSSR count). The largest absolute Gasteiger partial charge is 0.380 e. The monoisotopic (exact) mass is 270 g/mol. The third kappa shape index (κ3) is 2.24. The maximum absolute atomic E-state index is 5.97. The SMILES string of the molecule is CCOCCn1c(CCl)nc2c(CC)nn(C)c21. The van der Waals surface area contributed by atoms with E-state index < -0.39 is 0 Å². The van der Waals surface area contributed by atoms with Crippen LogP contribution in [0.4, 0.5) is 0 Å². The minimum absolute atomic E-state index is 0.407. The van der Waals surface area contributed by atoms with Crippen LogP contribution in [0.5, 0.6) is 0 Å². The smallest absolute Gasteiger partial charge is 0.158 e. The summed E-state index contributed by atoms with van der Waals surface area (Å²) < 4.78 is 9.39. The molecule has 0 atom stereocenters. The van der Waals surface area contributed by atoms with Crippen molar-refractivity contribution in [3.8, 4) is 0 Å². The van der Waals surface area contributed by atoms with Crippen molar-refractivity contribution >= 4 is 22.8 Å². The van der Waals surface area contributed by atoms with Crippen LogP contribution < -0.4 is 0 Å². The molecule has 2 aromatic rings. The van der Waals surface area contributed by atoms with Crippen LogP contribution in [-0.2, 0) is 30.6 Å². The Morgan fingerprint density at radius 1 is 1.33 bits per heavy atom. The molecule has 0 amide bonds. The van der Waals surface area contributed by atoms with Crippen LogP contribution in [0.15, 0.2) is 0 Å². The number of aromatic nitrogens is 4. The van der Waals surface area contributed by atoms with E-state index in [1.54, 1.807) is 0 Å². The lowest BCUT2D eigenvalue weighted by molar-refractivity contribution is 0.139. The quantitative estimate of drug-likeness (QED) is 0.597. The number of hydrogen-bond acceptors (Lipinski definition) is 3. The zero-order valence-corrected chi connectivity index (χ0v) is 11.9. The molecule has 0 aromatic carbocycles. The van der Waals surface area contributed by atoms with Gasteiger partial charge in [-0.05, 0) is 13.3 Å². The summed E-state index contributed by atoms with van der Waals surface area (Å²) >= 11 is 5.97. The number of aryl methyl sites for hydroxylation is 2. The lowest BCUT2D eigenvalue weighted by atomic mass is 10.3. The van der Waals surface area contributed by atoms with E-state index >= 15 is 0 Å². The average Bonchev–Trinajstić information content (AvgIpc) is 2.88. The van der Waals surface area contributed by atoms with Crippen LogP contribution in [0.25, 0.3) is 11.2 Å². The lowest BCUT2D eigenvalue weighted by Crippen LogP contribution is -2.11. The summed E-state index contributed by atoms with van der Waals surface area (Å²) in [6.45, 7) is 6.22. The molecule has 5 nitrogen and oxygen atoms in total. The predicted octanol–water partition coefficient (Wildman–Crippen LogP) is 2.11. The lowest BCUT2D eigenvalue weighted by Gasteiger charge is -2.07. The molecule has 0 saturated heterocycles. The van der Waals surface area contributed by atoms with E-state index in [9.17, 15) is 0 Å². The molecule has 0 aliphatic rings. The number of hydrogen-bond donors (Lipinski definition) is 0. The second-order valence-corrected chi connectivity index (χ2v) is 4.37. The second kappa shape index (κ2) is 5.71. The van der Waals surface area contributed by atoms with Gasteiger partial charge >= 0.3 is 0 Å². The van der Waals surface area contributed by atoms with Gasteiger partial charge in [0.05, 0.1) is 18.2 Å². The number of alkyl halides is 1. The second-order valence-electron chi connectivity index (χ2n) is 4.11. The topological polar surface area (TPSA) is 44.9 Å². The first-order chi connectivity index (χ1) is 8.72. The fraction of sp³-hybridized carbons (Fsp3) is 0.667. The highest BCUT2D eigenvalue weighted by molar-refractivity contribution is 6.16. The van der Waals surface area contributed by atoms with Gasteiger partial charge in [0.2, 0.25) is 0 Å². The first-order valence-corrected chi connectivity index (χ1v) is 6.81. The van der Waals surface area contributed by atoms with Gasteiger partial charge < -0.3 is 9.30 Å². The number of ether oxygens (including phenoxy) is 1. The first kappa shape index (κ1) is 13.4. The summed E-state index contributed by atoms with van der Waals surface area (Å²) in [6.07, 6.45) is 0.877. The van der Waals surface area contributed by atoms with E-state index in [0.717, 1.165) is 42.3 Å². The molecule has 0 radical (unpaired) electrons. The van der Waals surface area contributed by atoms with Gasteiger partial charge in [-0.25, -0.2) is 4.98 Å². The Balaban J connectivity index is 2.44. The molecule has 0 saturated carbocycles. The molecule has 18 heavy (non-hydrogen) atoms. The van der Waals surface area contributed by atoms with E-state index in [-0.39, 0.29) is 0 Å². The summed E-state index contributed by atoms with van der Waals surface area (Å²) in [7, 11) is 1.94. The molecule has 0 bridgehead atoms. The summed E-state index contributed by atoms with van der Waals surface area (Å²) in [5, 5.41) is 4.48. The van der Waals surface area contributed by atoms with Gasteiger partial charge in [0, 0.05) is 20.2 Å². The fourth-order valence-corrected chi connectivity index (χ4v) is 2.37. The van der Waals surface area contributed by atoms with Gasteiger partial charge in [0.15, 0.2) is 5.65 Å². The van der Waals surface area contributed by atoms with Crippen LogP contribution in [-0.4, -0.2) is 32.5 Å². The molecule has 2 heterocycles. The molecule has 2 aromatic heterocycles. The van der Waals surface area contributed by atoms with Gasteiger partial charge in [-0.1, -0.05) is 6.92 Å². The van der Waals surface area contributed by atoms with Crippen molar-refractivity contribution in [3.63, 3.8) is 0 Å². The predicted molar refractivity (Wildman–Crippen MR) is 71.9 cm³/mol. The zero-order chi connectivity index (χ0) is 13.1. The average molecular weight is 271 g/mol. The Kier molecular flexibility index (Phi) is 4.24. The standard InChI is InChI=1S/C12H19ClN4O/c1-4-9-11-12(16(3)15-9)17(6-7-18-5-2)10(8-13)14-11/h4-8H2,1-3H3. The van der Waals surface area contributed by atoms with Crippen LogP contribution >= 0.6 is 11.6 Å². The van der Waals surface area contributed by atoms with Crippen molar-refractivity contribution in [1.29, 1.82) is 0 Å². The molecule has 100 valence electrons. The Morgan fingerprint density at radius 2 is 2.11 bits per heavy atom. The minimum atomic E-state index is 0.407. The summed E-state index contributed by atoms with van der Waals surface area (Å²) in [6, 6.07) is 0. The van der Waals surface area contributed by atoms with E-state index in [2.05, 4.69) is 21.6 Å². The van der Waals surface area contributed by atoms with Crippen molar-refractivity contribution in [2.45, 2.75) is 32.7 Å². The summed E-state index contributed by atoms with van der Waals surface area (Å²) in [5.41, 5.74) is 3.02. The van der Waals surface area contributed by atoms with Crippen molar-refractivity contribution < 1.29 is 4.74 Å². The molecule has 0 fully saturated rings. The van der Waals surface area contributed by atoms with Gasteiger partial charge in [-0.3, -0.25) is 4.68 Å². The van der Waals surface area contributed by atoms with Crippen LogP contribution in [0.3, 0.4) is 0 Å². The molecule has 0 aliphatic heterocycles. The van der Waals surface area contributed by atoms with E-state index in [0.29, 0.717) is 12.5 Å². The Bertz CT molecular complexity index is 532. The molecule has 0 spiro atoms. The van der Waals surface area contributed by atoms with Gasteiger partial charge in [0.1, 0.15) is 11.3 Å². The van der Waals surface area contributed by atoms with Gasteiger partial charge in [-0.15, -0.1) is 11.6 Å². The number of nitrogens with zero attached hydrogens (tertiary/aromatic N) is 4. The molecule has 0 unspecified atom stereocenters. The van der Waals surface area contributed by atoms with Crippen molar-refractivity contribution in [2.75, 3.05) is 13.2 Å².